The lowest BCUT2D eigenvalue weighted by molar-refractivity contribution is -0.0148. The van der Waals surface area contributed by atoms with Gasteiger partial charge >= 0.3 is 0 Å². The fourth-order valence-electron chi connectivity index (χ4n) is 8.90. The summed E-state index contributed by atoms with van der Waals surface area (Å²) in [4.78, 5) is 0. The molecule has 3 unspecified atom stereocenters. The highest BCUT2D eigenvalue weighted by molar-refractivity contribution is 4.94. The molecule has 0 aliphatic carbocycles. The highest BCUT2D eigenvalue weighted by atomic mass is 16.5. The molecular weight excluding hydrogens is 777 g/mol. The average molecular weight is 906 g/mol. The van der Waals surface area contributed by atoms with E-state index >= 15 is 0 Å². The van der Waals surface area contributed by atoms with Crippen LogP contribution in [0.3, 0.4) is 0 Å². The molecule has 1 rings (SSSR count). The van der Waals surface area contributed by atoms with Gasteiger partial charge in [-0.05, 0) is 83.0 Å². The van der Waals surface area contributed by atoms with Gasteiger partial charge in [0.25, 0.3) is 0 Å². The second-order valence-corrected chi connectivity index (χ2v) is 18.1. The molecule has 388 valence electrons. The summed E-state index contributed by atoms with van der Waals surface area (Å²) in [7, 11) is 0. The molecule has 1 saturated heterocycles. The first kappa shape index (κ1) is 71.8. The van der Waals surface area contributed by atoms with Crippen LogP contribution in [-0.4, -0.2) is 35.8 Å². The van der Waals surface area contributed by atoms with Crippen LogP contribution in [0, 0.1) is 11.8 Å². The van der Waals surface area contributed by atoms with Crippen molar-refractivity contribution in [2.45, 2.75) is 328 Å². The Morgan fingerprint density at radius 3 is 1.30 bits per heavy atom. The molecule has 0 aromatic rings. The minimum Gasteiger partial charge on any atom is -0.502 e. The fraction of sp³-hybridized carbons (Fsp3) is 0.902. The number of rotatable bonds is 41. The van der Waals surface area contributed by atoms with E-state index in [0.717, 1.165) is 18.4 Å². The number of allylic oxidation sites excluding steroid dienone is 2. The van der Waals surface area contributed by atoms with Gasteiger partial charge < -0.3 is 9.75 Å². The van der Waals surface area contributed by atoms with Crippen LogP contribution in [0.15, 0.2) is 37.3 Å². The molecule has 3 atom stereocenters. The van der Waals surface area contributed by atoms with Gasteiger partial charge in [0.1, 0.15) is 0 Å². The molecule has 3 nitrogen and oxygen atoms in total. The van der Waals surface area contributed by atoms with Gasteiger partial charge in [-0.25, -0.2) is 5.01 Å². The van der Waals surface area contributed by atoms with Gasteiger partial charge in [-0.1, -0.05) is 276 Å². The van der Waals surface area contributed by atoms with Crippen LogP contribution < -0.4 is 0 Å². The molecule has 0 amide bonds. The monoisotopic (exact) mass is 905 g/mol. The Balaban J connectivity index is -0.000000419. The molecule has 64 heavy (non-hydrogen) atoms. The lowest BCUT2D eigenvalue weighted by atomic mass is 9.89. The second kappa shape index (κ2) is 63.9. The molecule has 1 aliphatic heterocycles. The minimum absolute atomic E-state index is 0.660. The second-order valence-electron chi connectivity index (χ2n) is 18.1. The van der Waals surface area contributed by atoms with Gasteiger partial charge in [0.2, 0.25) is 0 Å². The maximum atomic E-state index is 5.31. The third kappa shape index (κ3) is 50.2. The zero-order valence-electron chi connectivity index (χ0n) is 47.6. The maximum absolute atomic E-state index is 5.31. The van der Waals surface area contributed by atoms with E-state index in [-0.39, 0.29) is 0 Å². The summed E-state index contributed by atoms with van der Waals surface area (Å²) in [5.41, 5.74) is 2.79. The number of nitrogens with zero attached hydrogens (tertiary/aromatic N) is 2. The molecule has 1 aliphatic rings. The zero-order chi connectivity index (χ0) is 49.3. The molecule has 0 aromatic heterocycles. The summed E-state index contributed by atoms with van der Waals surface area (Å²) in [5, 5.41) is 5.25. The number of hydrogen-bond donors (Lipinski definition) is 0. The Morgan fingerprint density at radius 2 is 0.828 bits per heavy atom. The minimum atomic E-state index is 0.660. The normalized spacial score (nSPS) is 13.1. The number of ether oxygens (including phenoxy) is 1. The van der Waals surface area contributed by atoms with Crippen LogP contribution in [-0.2, 0) is 4.74 Å². The predicted octanol–water partition coefficient (Wildman–Crippen LogP) is 22.2. The first-order chi connectivity index (χ1) is 31.4. The van der Waals surface area contributed by atoms with Crippen LogP contribution in [0.5, 0.6) is 0 Å². The summed E-state index contributed by atoms with van der Waals surface area (Å²) >= 11 is 0. The summed E-state index contributed by atoms with van der Waals surface area (Å²) in [6.45, 7) is 45.5. The van der Waals surface area contributed by atoms with Crippen molar-refractivity contribution in [3.8, 4) is 0 Å². The summed E-state index contributed by atoms with van der Waals surface area (Å²) in [6, 6.07) is 0.660. The van der Waals surface area contributed by atoms with E-state index in [9.17, 15) is 0 Å². The van der Waals surface area contributed by atoms with E-state index in [1.807, 2.05) is 55.4 Å². The Labute approximate surface area is 409 Å². The third-order valence-corrected chi connectivity index (χ3v) is 12.6. The van der Waals surface area contributed by atoms with Crippen LogP contribution >= 0.6 is 0 Å². The highest BCUT2D eigenvalue weighted by Gasteiger charge is 2.26. The lowest BCUT2D eigenvalue weighted by Crippen LogP contribution is -2.46. The SMILES string of the molecule is C=C(CCCCCCCCC(CCCCCCCCC)N(C(=C)C)N1CCCC1)CCC(CCCC)CCCCC.C=COCC(CCCC)CCCCCC.CC.CC.CC.CC. The molecule has 0 saturated carbocycles. The maximum Gasteiger partial charge on any atom is 0.0901 e. The lowest BCUT2D eigenvalue weighted by Gasteiger charge is -2.41. The van der Waals surface area contributed by atoms with Crippen molar-refractivity contribution in [3.05, 3.63) is 37.3 Å². The van der Waals surface area contributed by atoms with Crippen molar-refractivity contribution >= 4 is 0 Å². The smallest absolute Gasteiger partial charge is 0.0901 e. The molecule has 3 heteroatoms. The topological polar surface area (TPSA) is 15.7 Å². The van der Waals surface area contributed by atoms with Crippen LogP contribution in [0.4, 0.5) is 0 Å². The van der Waals surface area contributed by atoms with E-state index in [1.165, 1.54) is 249 Å². The Kier molecular flexibility index (Phi) is 71.6. The van der Waals surface area contributed by atoms with E-state index in [1.54, 1.807) is 6.26 Å². The molecule has 0 aromatic carbocycles. The largest absolute Gasteiger partial charge is 0.502 e. The highest BCUT2D eigenvalue weighted by Crippen LogP contribution is 2.27. The van der Waals surface area contributed by atoms with E-state index in [0.29, 0.717) is 6.04 Å². The molecule has 0 N–H and O–H groups in total. The first-order valence-corrected chi connectivity index (χ1v) is 29.5. The fourth-order valence-corrected chi connectivity index (χ4v) is 8.90. The zero-order valence-corrected chi connectivity index (χ0v) is 47.6. The molecule has 0 bridgehead atoms. The van der Waals surface area contributed by atoms with Crippen LogP contribution in [0.2, 0.25) is 0 Å². The van der Waals surface area contributed by atoms with Crippen molar-refractivity contribution in [3.63, 3.8) is 0 Å². The molecule has 1 heterocycles. The van der Waals surface area contributed by atoms with Crippen LogP contribution in [0.1, 0.15) is 322 Å². The van der Waals surface area contributed by atoms with E-state index in [2.05, 4.69) is 71.3 Å². The first-order valence-electron chi connectivity index (χ1n) is 29.5. The summed E-state index contributed by atoms with van der Waals surface area (Å²) < 4.78 is 5.31. The van der Waals surface area contributed by atoms with Gasteiger partial charge in [0, 0.05) is 24.8 Å². The Morgan fingerprint density at radius 1 is 0.469 bits per heavy atom. The molecule has 1 fully saturated rings. The van der Waals surface area contributed by atoms with Crippen molar-refractivity contribution in [2.24, 2.45) is 11.8 Å². The van der Waals surface area contributed by atoms with Crippen molar-refractivity contribution in [1.82, 2.24) is 10.0 Å². The van der Waals surface area contributed by atoms with Gasteiger partial charge in [0.15, 0.2) is 0 Å². The molecule has 0 radical (unpaired) electrons. The van der Waals surface area contributed by atoms with Gasteiger partial charge in [-0.15, -0.1) is 0 Å². The number of hydrazine groups is 1. The predicted molar refractivity (Wildman–Crippen MR) is 300 cm³/mol. The number of unbranched alkanes of at least 4 members (excludes halogenated alkanes) is 18. The quantitative estimate of drug-likeness (QED) is 0.0345. The van der Waals surface area contributed by atoms with Crippen molar-refractivity contribution < 1.29 is 4.74 Å². The summed E-state index contributed by atoms with van der Waals surface area (Å²) in [6.07, 6.45) is 49.6. The Hall–Kier alpha value is -1.22. The van der Waals surface area contributed by atoms with Gasteiger partial charge in [0.05, 0.1) is 12.9 Å². The summed E-state index contributed by atoms with van der Waals surface area (Å²) in [5.74, 6) is 1.69. The average Bonchev–Trinajstić information content (AvgIpc) is 3.86. The van der Waals surface area contributed by atoms with E-state index in [4.69, 9.17) is 4.74 Å². The standard InChI is InChI=1S/C39H76N2.C14H28O.4C2H6/c1-7-10-13-14-15-19-23-30-39(41(36(4)5)40-34-25-26-35-40)31-24-20-17-16-18-22-27-37(6)32-33-38(28-12-9-3)29-21-11-8-2;1-4-7-9-10-12-14(11-8-5-2)13-15-6-3;4*1-2/h38-39H,4,6-35H2,1-3,5H3;6,14H,3-5,7-13H2,1-2H3;4*1-2H3. The number of hydrogen-bond acceptors (Lipinski definition) is 3. The third-order valence-electron chi connectivity index (χ3n) is 12.6. The van der Waals surface area contributed by atoms with Crippen molar-refractivity contribution in [1.29, 1.82) is 0 Å². The van der Waals surface area contributed by atoms with Gasteiger partial charge in [-0.3, -0.25) is 0 Å². The van der Waals surface area contributed by atoms with E-state index < -0.39 is 0 Å². The molecule has 0 spiro atoms. The van der Waals surface area contributed by atoms with Gasteiger partial charge in [-0.2, -0.15) is 0 Å². The Bertz CT molecular complexity index is 847. The van der Waals surface area contributed by atoms with Crippen LogP contribution in [0.25, 0.3) is 0 Å². The van der Waals surface area contributed by atoms with Crippen molar-refractivity contribution in [2.75, 3.05) is 19.7 Å². The molecular formula is C61H128N2O.